The molecule has 0 aliphatic heterocycles. The van der Waals surface area contributed by atoms with Gasteiger partial charge in [-0.15, -0.1) is 0 Å². The number of nitrogens with one attached hydrogen (secondary N) is 1. The quantitative estimate of drug-likeness (QED) is 0.802. The van der Waals surface area contributed by atoms with Gasteiger partial charge in [0.2, 0.25) is 0 Å². The monoisotopic (exact) mass is 311 g/mol. The third kappa shape index (κ3) is 5.82. The number of hydrogen-bond acceptors (Lipinski definition) is 4. The van der Waals surface area contributed by atoms with Crippen molar-refractivity contribution < 1.29 is 9.53 Å². The van der Waals surface area contributed by atoms with Crippen LogP contribution in [0.4, 0.5) is 10.5 Å². The van der Waals surface area contributed by atoms with Crippen molar-refractivity contribution in [1.82, 2.24) is 10.3 Å². The second-order valence-corrected chi connectivity index (χ2v) is 5.17. The largest absolute Gasteiger partial charge is 0.445 e. The van der Waals surface area contributed by atoms with Crippen molar-refractivity contribution in [2.24, 2.45) is 0 Å². The minimum atomic E-state index is -0.421. The van der Waals surface area contributed by atoms with Crippen LogP contribution in [0, 0.1) is 6.92 Å². The highest BCUT2D eigenvalue weighted by molar-refractivity contribution is 5.67. The van der Waals surface area contributed by atoms with E-state index in [-0.39, 0.29) is 6.61 Å². The van der Waals surface area contributed by atoms with E-state index < -0.39 is 6.09 Å². The van der Waals surface area contributed by atoms with Crippen molar-refractivity contribution in [3.63, 3.8) is 0 Å². The smallest absolute Gasteiger partial charge is 0.407 e. The molecule has 0 aliphatic rings. The summed E-state index contributed by atoms with van der Waals surface area (Å²) in [6, 6.07) is 11.4. The lowest BCUT2D eigenvalue weighted by atomic mass is 10.2. The molecule has 1 heterocycles. The van der Waals surface area contributed by atoms with Crippen molar-refractivity contribution in [2.45, 2.75) is 20.0 Å². The van der Waals surface area contributed by atoms with Crippen LogP contribution in [-0.2, 0) is 11.3 Å². The third-order valence-electron chi connectivity index (χ3n) is 3.16. The standard InChI is InChI=1S/C18H21N3O2/c1-14-11-16(19)17(21-12-14)9-5-6-10-20-18(22)23-13-15-7-3-2-4-8-15/h2-5,7-9,11-12H,6,10,13,19H2,1H3,(H,20,22). The highest BCUT2D eigenvalue weighted by atomic mass is 16.5. The summed E-state index contributed by atoms with van der Waals surface area (Å²) in [6.45, 7) is 2.71. The molecule has 1 aromatic heterocycles. The minimum absolute atomic E-state index is 0.270. The Kier molecular flexibility index (Phi) is 6.17. The van der Waals surface area contributed by atoms with Gasteiger partial charge in [-0.05, 0) is 36.6 Å². The van der Waals surface area contributed by atoms with Gasteiger partial charge in [-0.25, -0.2) is 4.79 Å². The van der Waals surface area contributed by atoms with Gasteiger partial charge in [0.1, 0.15) is 6.61 Å². The van der Waals surface area contributed by atoms with Crippen molar-refractivity contribution in [3.8, 4) is 0 Å². The van der Waals surface area contributed by atoms with E-state index in [2.05, 4.69) is 10.3 Å². The van der Waals surface area contributed by atoms with E-state index in [9.17, 15) is 4.79 Å². The van der Waals surface area contributed by atoms with E-state index in [1.165, 1.54) is 0 Å². The first-order chi connectivity index (χ1) is 11.1. The summed E-state index contributed by atoms with van der Waals surface area (Å²) in [7, 11) is 0. The fourth-order valence-corrected chi connectivity index (χ4v) is 1.97. The number of ether oxygens (including phenoxy) is 1. The Morgan fingerprint density at radius 1 is 1.35 bits per heavy atom. The number of amides is 1. The molecule has 5 heteroatoms. The van der Waals surface area contributed by atoms with Crippen LogP contribution in [0.1, 0.15) is 23.2 Å². The molecule has 0 spiro atoms. The number of nitrogen functional groups attached to an aromatic ring is 1. The van der Waals surface area contributed by atoms with E-state index in [0.29, 0.717) is 18.7 Å². The molecule has 23 heavy (non-hydrogen) atoms. The number of alkyl carbamates (subject to hydrolysis) is 1. The zero-order chi connectivity index (χ0) is 16.5. The minimum Gasteiger partial charge on any atom is -0.445 e. The predicted molar refractivity (Wildman–Crippen MR) is 91.7 cm³/mol. The van der Waals surface area contributed by atoms with Gasteiger partial charge in [0.05, 0.1) is 11.4 Å². The number of carbonyl (C=O) groups is 1. The number of aryl methyl sites for hydroxylation is 1. The molecule has 1 aromatic carbocycles. The van der Waals surface area contributed by atoms with E-state index in [4.69, 9.17) is 10.5 Å². The summed E-state index contributed by atoms with van der Waals surface area (Å²) in [4.78, 5) is 15.8. The van der Waals surface area contributed by atoms with Gasteiger partial charge in [0.15, 0.2) is 0 Å². The van der Waals surface area contributed by atoms with Crippen LogP contribution in [0.25, 0.3) is 6.08 Å². The second-order valence-electron chi connectivity index (χ2n) is 5.17. The van der Waals surface area contributed by atoms with Crippen LogP contribution in [0.5, 0.6) is 0 Å². The van der Waals surface area contributed by atoms with Crippen LogP contribution >= 0.6 is 0 Å². The zero-order valence-corrected chi connectivity index (χ0v) is 13.2. The molecule has 0 saturated heterocycles. The Bertz CT molecular complexity index is 669. The van der Waals surface area contributed by atoms with Crippen molar-refractivity contribution in [3.05, 3.63) is 65.5 Å². The summed E-state index contributed by atoms with van der Waals surface area (Å²) in [5.41, 5.74) is 9.26. The first-order valence-electron chi connectivity index (χ1n) is 7.48. The Hall–Kier alpha value is -2.82. The molecule has 2 aromatic rings. The molecule has 0 unspecified atom stereocenters. The number of hydrogen-bond donors (Lipinski definition) is 2. The van der Waals surface area contributed by atoms with Gasteiger partial charge < -0.3 is 15.8 Å². The van der Waals surface area contributed by atoms with E-state index in [1.807, 2.05) is 55.5 Å². The molecule has 2 rings (SSSR count). The van der Waals surface area contributed by atoms with E-state index in [1.54, 1.807) is 6.20 Å². The van der Waals surface area contributed by atoms with Gasteiger partial charge in [-0.1, -0.05) is 36.4 Å². The number of pyridine rings is 1. The summed E-state index contributed by atoms with van der Waals surface area (Å²) in [5, 5.41) is 2.70. The van der Waals surface area contributed by atoms with Crippen molar-refractivity contribution in [1.29, 1.82) is 0 Å². The Balaban J connectivity index is 1.66. The SMILES string of the molecule is Cc1cnc(C=CCCNC(=O)OCc2ccccc2)c(N)c1. The number of rotatable bonds is 6. The summed E-state index contributed by atoms with van der Waals surface area (Å²) in [5.74, 6) is 0. The number of benzene rings is 1. The Morgan fingerprint density at radius 2 is 2.13 bits per heavy atom. The van der Waals surface area contributed by atoms with Gasteiger partial charge in [-0.3, -0.25) is 4.98 Å². The van der Waals surface area contributed by atoms with Crippen LogP contribution in [0.2, 0.25) is 0 Å². The van der Waals surface area contributed by atoms with Crippen LogP contribution in [0.15, 0.2) is 48.7 Å². The molecule has 0 bridgehead atoms. The van der Waals surface area contributed by atoms with Crippen LogP contribution in [0.3, 0.4) is 0 Å². The molecular formula is C18H21N3O2. The van der Waals surface area contributed by atoms with Crippen LogP contribution in [-0.4, -0.2) is 17.6 Å². The maximum Gasteiger partial charge on any atom is 0.407 e. The maximum atomic E-state index is 11.6. The molecule has 0 saturated carbocycles. The van der Waals surface area contributed by atoms with Crippen LogP contribution < -0.4 is 11.1 Å². The molecule has 0 radical (unpaired) electrons. The molecule has 0 aliphatic carbocycles. The lowest BCUT2D eigenvalue weighted by Crippen LogP contribution is -2.24. The van der Waals surface area contributed by atoms with Gasteiger partial charge >= 0.3 is 6.09 Å². The first-order valence-corrected chi connectivity index (χ1v) is 7.48. The maximum absolute atomic E-state index is 11.6. The molecule has 120 valence electrons. The van der Waals surface area contributed by atoms with E-state index in [0.717, 1.165) is 16.8 Å². The van der Waals surface area contributed by atoms with Crippen molar-refractivity contribution in [2.75, 3.05) is 12.3 Å². The fourth-order valence-electron chi connectivity index (χ4n) is 1.97. The molecular weight excluding hydrogens is 290 g/mol. The molecule has 0 atom stereocenters. The third-order valence-corrected chi connectivity index (χ3v) is 3.16. The number of nitrogens with zero attached hydrogens (tertiary/aromatic N) is 1. The topological polar surface area (TPSA) is 77.2 Å². The normalized spacial score (nSPS) is 10.7. The lowest BCUT2D eigenvalue weighted by Gasteiger charge is -2.06. The average molecular weight is 311 g/mol. The fraction of sp³-hybridized carbons (Fsp3) is 0.222. The highest BCUT2D eigenvalue weighted by Crippen LogP contribution is 2.12. The Morgan fingerprint density at radius 3 is 2.87 bits per heavy atom. The highest BCUT2D eigenvalue weighted by Gasteiger charge is 2.01. The first kappa shape index (κ1) is 16.5. The average Bonchev–Trinajstić information content (AvgIpc) is 2.55. The van der Waals surface area contributed by atoms with Gasteiger partial charge in [0.25, 0.3) is 0 Å². The summed E-state index contributed by atoms with van der Waals surface area (Å²) in [6.07, 6.45) is 5.80. The number of anilines is 1. The predicted octanol–water partition coefficient (Wildman–Crippen LogP) is 3.30. The summed E-state index contributed by atoms with van der Waals surface area (Å²) >= 11 is 0. The number of carbonyl (C=O) groups excluding carboxylic acids is 1. The molecule has 5 nitrogen and oxygen atoms in total. The second kappa shape index (κ2) is 8.58. The molecule has 1 amide bonds. The van der Waals surface area contributed by atoms with Gasteiger partial charge in [0, 0.05) is 12.7 Å². The number of aromatic nitrogens is 1. The Labute approximate surface area is 136 Å². The molecule has 3 N–H and O–H groups in total. The zero-order valence-electron chi connectivity index (χ0n) is 13.2. The van der Waals surface area contributed by atoms with Crippen molar-refractivity contribution >= 4 is 17.9 Å². The molecule has 0 fully saturated rings. The lowest BCUT2D eigenvalue weighted by molar-refractivity contribution is 0.140. The summed E-state index contributed by atoms with van der Waals surface area (Å²) < 4.78 is 5.12. The van der Waals surface area contributed by atoms with E-state index >= 15 is 0 Å². The van der Waals surface area contributed by atoms with Gasteiger partial charge in [-0.2, -0.15) is 0 Å². The number of nitrogens with two attached hydrogens (primary N) is 1.